The summed E-state index contributed by atoms with van der Waals surface area (Å²) in [5.74, 6) is -0.250. The zero-order valence-corrected chi connectivity index (χ0v) is 12.3. The summed E-state index contributed by atoms with van der Waals surface area (Å²) in [5, 5.41) is 0. The van der Waals surface area contributed by atoms with Gasteiger partial charge in [0.2, 0.25) is 0 Å². The molecule has 2 N–H and O–H groups in total. The highest BCUT2D eigenvalue weighted by Gasteiger charge is 2.33. The van der Waals surface area contributed by atoms with Gasteiger partial charge in [-0.15, -0.1) is 0 Å². The van der Waals surface area contributed by atoms with Crippen LogP contribution in [0.2, 0.25) is 0 Å². The lowest BCUT2D eigenvalue weighted by atomic mass is 9.98. The van der Waals surface area contributed by atoms with Gasteiger partial charge in [0.25, 0.3) is 0 Å². The zero-order valence-electron chi connectivity index (χ0n) is 12.3. The zero-order chi connectivity index (χ0) is 14.7. The Balaban J connectivity index is 2.24. The van der Waals surface area contributed by atoms with Crippen LogP contribution in [0, 0.1) is 17.6 Å². The fourth-order valence-electron chi connectivity index (χ4n) is 3.54. The molecular formula is C16H24F2N2. The molecule has 1 saturated carbocycles. The normalized spacial score (nSPS) is 24.3. The van der Waals surface area contributed by atoms with Crippen LogP contribution < -0.4 is 5.73 Å². The van der Waals surface area contributed by atoms with E-state index >= 15 is 0 Å². The summed E-state index contributed by atoms with van der Waals surface area (Å²) < 4.78 is 27.4. The SMILES string of the molecule is CCN(C(C)c1cc(F)ccc1F)C1CCCC1CN. The molecule has 0 bridgehead atoms. The van der Waals surface area contributed by atoms with E-state index in [0.29, 0.717) is 24.1 Å². The molecule has 0 amide bonds. The molecule has 1 aliphatic rings. The second-order valence-electron chi connectivity index (χ2n) is 5.67. The first-order chi connectivity index (χ1) is 9.58. The Bertz CT molecular complexity index is 450. The van der Waals surface area contributed by atoms with E-state index in [9.17, 15) is 8.78 Å². The van der Waals surface area contributed by atoms with E-state index in [-0.39, 0.29) is 17.7 Å². The molecule has 4 heteroatoms. The van der Waals surface area contributed by atoms with Crippen LogP contribution in [0.3, 0.4) is 0 Å². The average molecular weight is 282 g/mol. The molecule has 0 heterocycles. The maximum Gasteiger partial charge on any atom is 0.128 e. The van der Waals surface area contributed by atoms with Crippen LogP contribution >= 0.6 is 0 Å². The first-order valence-electron chi connectivity index (χ1n) is 7.49. The van der Waals surface area contributed by atoms with Gasteiger partial charge >= 0.3 is 0 Å². The van der Waals surface area contributed by atoms with E-state index < -0.39 is 0 Å². The summed E-state index contributed by atoms with van der Waals surface area (Å²) in [6.07, 6.45) is 3.40. The van der Waals surface area contributed by atoms with Crippen molar-refractivity contribution in [3.8, 4) is 0 Å². The fraction of sp³-hybridized carbons (Fsp3) is 0.625. The number of benzene rings is 1. The molecular weight excluding hydrogens is 258 g/mol. The van der Waals surface area contributed by atoms with E-state index in [4.69, 9.17) is 5.73 Å². The van der Waals surface area contributed by atoms with Gasteiger partial charge in [-0.05, 0) is 57.0 Å². The van der Waals surface area contributed by atoms with Crippen molar-refractivity contribution in [3.63, 3.8) is 0 Å². The Labute approximate surface area is 120 Å². The molecule has 1 aromatic rings. The first kappa shape index (κ1) is 15.4. The molecule has 1 aromatic carbocycles. The molecule has 0 saturated heterocycles. The third kappa shape index (κ3) is 3.01. The van der Waals surface area contributed by atoms with Gasteiger partial charge in [0.15, 0.2) is 0 Å². The largest absolute Gasteiger partial charge is 0.330 e. The number of nitrogens with two attached hydrogens (primary N) is 1. The lowest BCUT2D eigenvalue weighted by Crippen LogP contribution is -2.42. The van der Waals surface area contributed by atoms with Crippen LogP contribution in [0.5, 0.6) is 0 Å². The smallest absolute Gasteiger partial charge is 0.128 e. The van der Waals surface area contributed by atoms with Crippen molar-refractivity contribution >= 4 is 0 Å². The molecule has 20 heavy (non-hydrogen) atoms. The van der Waals surface area contributed by atoms with Gasteiger partial charge in [0.1, 0.15) is 11.6 Å². The van der Waals surface area contributed by atoms with Crippen molar-refractivity contribution in [1.29, 1.82) is 0 Å². The number of nitrogens with zero attached hydrogens (tertiary/aromatic N) is 1. The third-order valence-corrected chi connectivity index (χ3v) is 4.62. The average Bonchev–Trinajstić information content (AvgIpc) is 2.90. The van der Waals surface area contributed by atoms with Crippen molar-refractivity contribution in [2.24, 2.45) is 11.7 Å². The molecule has 2 rings (SSSR count). The number of hydrogen-bond donors (Lipinski definition) is 1. The summed E-state index contributed by atoms with van der Waals surface area (Å²) in [5.41, 5.74) is 6.29. The molecule has 0 spiro atoms. The van der Waals surface area contributed by atoms with Crippen LogP contribution in [-0.4, -0.2) is 24.0 Å². The van der Waals surface area contributed by atoms with E-state index in [1.54, 1.807) is 0 Å². The van der Waals surface area contributed by atoms with Crippen molar-refractivity contribution in [2.75, 3.05) is 13.1 Å². The summed E-state index contributed by atoms with van der Waals surface area (Å²) in [6, 6.07) is 3.94. The van der Waals surface area contributed by atoms with Crippen molar-refractivity contribution < 1.29 is 8.78 Å². The standard InChI is InChI=1S/C16H24F2N2/c1-3-20(16-6-4-5-12(16)10-19)11(2)14-9-13(17)7-8-15(14)18/h7-9,11-12,16H,3-6,10,19H2,1-2H3. The number of rotatable bonds is 5. The van der Waals surface area contributed by atoms with E-state index in [1.165, 1.54) is 24.6 Å². The lowest BCUT2D eigenvalue weighted by Gasteiger charge is -2.37. The van der Waals surface area contributed by atoms with Gasteiger partial charge in [0, 0.05) is 17.6 Å². The minimum Gasteiger partial charge on any atom is -0.330 e. The molecule has 0 aliphatic heterocycles. The molecule has 3 unspecified atom stereocenters. The highest BCUT2D eigenvalue weighted by Crippen LogP contribution is 2.35. The van der Waals surface area contributed by atoms with Gasteiger partial charge in [0.05, 0.1) is 0 Å². The van der Waals surface area contributed by atoms with Crippen LogP contribution in [0.25, 0.3) is 0 Å². The monoisotopic (exact) mass is 282 g/mol. The second-order valence-corrected chi connectivity index (χ2v) is 5.67. The Kier molecular flexibility index (Phi) is 5.11. The van der Waals surface area contributed by atoms with E-state index in [1.807, 2.05) is 6.92 Å². The van der Waals surface area contributed by atoms with Gasteiger partial charge in [-0.1, -0.05) is 13.3 Å². The molecule has 2 nitrogen and oxygen atoms in total. The molecule has 1 fully saturated rings. The summed E-state index contributed by atoms with van der Waals surface area (Å²) in [4.78, 5) is 2.27. The van der Waals surface area contributed by atoms with Crippen LogP contribution in [0.15, 0.2) is 18.2 Å². The molecule has 3 atom stereocenters. The summed E-state index contributed by atoms with van der Waals surface area (Å²) >= 11 is 0. The minimum absolute atomic E-state index is 0.132. The predicted molar refractivity (Wildman–Crippen MR) is 77.3 cm³/mol. The van der Waals surface area contributed by atoms with Gasteiger partial charge in [-0.25, -0.2) is 8.78 Å². The van der Waals surface area contributed by atoms with Crippen LogP contribution in [0.4, 0.5) is 8.78 Å². The second kappa shape index (κ2) is 6.64. The van der Waals surface area contributed by atoms with Crippen molar-refractivity contribution in [2.45, 2.75) is 45.2 Å². The van der Waals surface area contributed by atoms with Gasteiger partial charge < -0.3 is 5.73 Å². The van der Waals surface area contributed by atoms with Gasteiger partial charge in [-0.2, -0.15) is 0 Å². The third-order valence-electron chi connectivity index (χ3n) is 4.62. The number of halogens is 2. The Morgan fingerprint density at radius 3 is 2.75 bits per heavy atom. The highest BCUT2D eigenvalue weighted by atomic mass is 19.1. The molecule has 112 valence electrons. The fourth-order valence-corrected chi connectivity index (χ4v) is 3.54. The number of hydrogen-bond acceptors (Lipinski definition) is 2. The van der Waals surface area contributed by atoms with Crippen molar-refractivity contribution in [3.05, 3.63) is 35.4 Å². The topological polar surface area (TPSA) is 29.3 Å². The minimum atomic E-state index is -0.383. The Morgan fingerprint density at radius 1 is 1.35 bits per heavy atom. The Hall–Kier alpha value is -1.00. The van der Waals surface area contributed by atoms with Gasteiger partial charge in [-0.3, -0.25) is 4.90 Å². The maximum atomic E-state index is 14.0. The predicted octanol–water partition coefficient (Wildman–Crippen LogP) is 3.48. The molecule has 0 aromatic heterocycles. The van der Waals surface area contributed by atoms with E-state index in [0.717, 1.165) is 19.4 Å². The Morgan fingerprint density at radius 2 is 2.10 bits per heavy atom. The van der Waals surface area contributed by atoms with Crippen molar-refractivity contribution in [1.82, 2.24) is 4.90 Å². The van der Waals surface area contributed by atoms with E-state index in [2.05, 4.69) is 11.8 Å². The van der Waals surface area contributed by atoms with Crippen LogP contribution in [-0.2, 0) is 0 Å². The van der Waals surface area contributed by atoms with Crippen LogP contribution in [0.1, 0.15) is 44.7 Å². The quantitative estimate of drug-likeness (QED) is 0.896. The highest BCUT2D eigenvalue weighted by molar-refractivity contribution is 5.22. The molecule has 0 radical (unpaired) electrons. The molecule has 1 aliphatic carbocycles. The first-order valence-corrected chi connectivity index (χ1v) is 7.49. The summed E-state index contributed by atoms with van der Waals surface area (Å²) in [7, 11) is 0. The maximum absolute atomic E-state index is 14.0. The summed E-state index contributed by atoms with van der Waals surface area (Å²) in [6.45, 7) is 5.50. The lowest BCUT2D eigenvalue weighted by molar-refractivity contribution is 0.121.